The Morgan fingerprint density at radius 2 is 2.12 bits per heavy atom. The smallest absolute Gasteiger partial charge is 0.122 e. The minimum Gasteiger partial charge on any atom is -0.493 e. The van der Waals surface area contributed by atoms with E-state index >= 15 is 0 Å². The topological polar surface area (TPSA) is 21.3 Å². The molecular weight excluding hydrogens is 210 g/mol. The molecule has 2 unspecified atom stereocenters. The molecule has 1 aromatic rings. The summed E-state index contributed by atoms with van der Waals surface area (Å²) in [4.78, 5) is 0. The highest BCUT2D eigenvalue weighted by Gasteiger charge is 2.22. The standard InChI is InChI=1S/C15H23NO/c1-3-8-17-15-7-5-4-6-14(15)13-9-12(2)10-16-11-13/h4-7,12-13,16H,3,8-11H2,1-2H3. The molecule has 0 saturated carbocycles. The Balaban J connectivity index is 2.12. The summed E-state index contributed by atoms with van der Waals surface area (Å²) in [5.41, 5.74) is 1.38. The predicted molar refractivity (Wildman–Crippen MR) is 71.6 cm³/mol. The van der Waals surface area contributed by atoms with Crippen LogP contribution in [-0.2, 0) is 0 Å². The lowest BCUT2D eigenvalue weighted by atomic mass is 9.86. The fraction of sp³-hybridized carbons (Fsp3) is 0.600. The number of hydrogen-bond acceptors (Lipinski definition) is 2. The Morgan fingerprint density at radius 1 is 1.29 bits per heavy atom. The first kappa shape index (κ1) is 12.4. The molecule has 0 spiro atoms. The third-order valence-corrected chi connectivity index (χ3v) is 3.39. The second kappa shape index (κ2) is 6.06. The van der Waals surface area contributed by atoms with E-state index in [4.69, 9.17) is 4.74 Å². The number of rotatable bonds is 4. The molecule has 2 atom stereocenters. The molecule has 0 aliphatic carbocycles. The molecule has 17 heavy (non-hydrogen) atoms. The van der Waals surface area contributed by atoms with Crippen molar-refractivity contribution >= 4 is 0 Å². The van der Waals surface area contributed by atoms with E-state index in [1.807, 2.05) is 0 Å². The highest BCUT2D eigenvalue weighted by atomic mass is 16.5. The Hall–Kier alpha value is -1.02. The van der Waals surface area contributed by atoms with E-state index in [0.29, 0.717) is 5.92 Å². The lowest BCUT2D eigenvalue weighted by Gasteiger charge is -2.29. The van der Waals surface area contributed by atoms with Gasteiger partial charge in [0.25, 0.3) is 0 Å². The molecule has 1 aliphatic heterocycles. The van der Waals surface area contributed by atoms with Gasteiger partial charge in [-0.3, -0.25) is 0 Å². The highest BCUT2D eigenvalue weighted by molar-refractivity contribution is 5.36. The van der Waals surface area contributed by atoms with Crippen molar-refractivity contribution in [2.75, 3.05) is 19.7 Å². The predicted octanol–water partition coefficient (Wildman–Crippen LogP) is 3.19. The summed E-state index contributed by atoms with van der Waals surface area (Å²) in [7, 11) is 0. The fourth-order valence-corrected chi connectivity index (χ4v) is 2.55. The molecule has 0 aromatic heterocycles. The Kier molecular flexibility index (Phi) is 4.43. The van der Waals surface area contributed by atoms with Crippen LogP contribution >= 0.6 is 0 Å². The van der Waals surface area contributed by atoms with Crippen LogP contribution in [0.1, 0.15) is 38.2 Å². The van der Waals surface area contributed by atoms with Crippen LogP contribution in [0.2, 0.25) is 0 Å². The zero-order chi connectivity index (χ0) is 12.1. The zero-order valence-electron chi connectivity index (χ0n) is 10.9. The molecule has 0 bridgehead atoms. The number of hydrogen-bond donors (Lipinski definition) is 1. The molecule has 2 heteroatoms. The minimum absolute atomic E-state index is 0.604. The van der Waals surface area contributed by atoms with Gasteiger partial charge in [0, 0.05) is 12.5 Å². The van der Waals surface area contributed by atoms with E-state index in [1.165, 1.54) is 12.0 Å². The Bertz CT molecular complexity index is 351. The van der Waals surface area contributed by atoms with E-state index in [2.05, 4.69) is 43.4 Å². The van der Waals surface area contributed by atoms with Crippen LogP contribution in [0.5, 0.6) is 5.75 Å². The van der Waals surface area contributed by atoms with E-state index < -0.39 is 0 Å². The zero-order valence-corrected chi connectivity index (χ0v) is 10.9. The number of benzene rings is 1. The van der Waals surface area contributed by atoms with Crippen molar-refractivity contribution in [2.45, 2.75) is 32.6 Å². The molecule has 2 rings (SSSR count). The summed E-state index contributed by atoms with van der Waals surface area (Å²) in [6.45, 7) is 7.50. The number of nitrogens with one attached hydrogen (secondary N) is 1. The molecular formula is C15H23NO. The van der Waals surface area contributed by atoms with Crippen molar-refractivity contribution in [2.24, 2.45) is 5.92 Å². The van der Waals surface area contributed by atoms with E-state index in [9.17, 15) is 0 Å². The van der Waals surface area contributed by atoms with Crippen LogP contribution in [0.4, 0.5) is 0 Å². The summed E-state index contributed by atoms with van der Waals surface area (Å²) in [5.74, 6) is 2.44. The van der Waals surface area contributed by atoms with Gasteiger partial charge in [-0.05, 0) is 36.9 Å². The molecule has 1 N–H and O–H groups in total. The summed E-state index contributed by atoms with van der Waals surface area (Å²) >= 11 is 0. The van der Waals surface area contributed by atoms with Crippen LogP contribution in [0.3, 0.4) is 0 Å². The van der Waals surface area contributed by atoms with Crippen molar-refractivity contribution in [3.8, 4) is 5.75 Å². The van der Waals surface area contributed by atoms with Crippen LogP contribution in [0.25, 0.3) is 0 Å². The van der Waals surface area contributed by atoms with E-state index in [-0.39, 0.29) is 0 Å². The number of para-hydroxylation sites is 1. The van der Waals surface area contributed by atoms with Gasteiger partial charge < -0.3 is 10.1 Å². The summed E-state index contributed by atoms with van der Waals surface area (Å²) in [5, 5.41) is 3.51. The van der Waals surface area contributed by atoms with Gasteiger partial charge in [-0.15, -0.1) is 0 Å². The van der Waals surface area contributed by atoms with Crippen LogP contribution in [0.15, 0.2) is 24.3 Å². The van der Waals surface area contributed by atoms with Crippen molar-refractivity contribution in [3.63, 3.8) is 0 Å². The van der Waals surface area contributed by atoms with Gasteiger partial charge in [-0.2, -0.15) is 0 Å². The van der Waals surface area contributed by atoms with Gasteiger partial charge in [0.05, 0.1) is 6.61 Å². The van der Waals surface area contributed by atoms with Crippen molar-refractivity contribution < 1.29 is 4.74 Å². The quantitative estimate of drug-likeness (QED) is 0.862. The monoisotopic (exact) mass is 233 g/mol. The molecule has 1 saturated heterocycles. The lowest BCUT2D eigenvalue weighted by Crippen LogP contribution is -2.33. The maximum Gasteiger partial charge on any atom is 0.122 e. The first-order valence-electron chi connectivity index (χ1n) is 6.73. The normalized spacial score (nSPS) is 24.6. The SMILES string of the molecule is CCCOc1ccccc1C1CNCC(C)C1. The molecule has 94 valence electrons. The maximum atomic E-state index is 5.85. The summed E-state index contributed by atoms with van der Waals surface area (Å²) < 4.78 is 5.85. The molecule has 2 nitrogen and oxygen atoms in total. The average molecular weight is 233 g/mol. The molecule has 1 heterocycles. The summed E-state index contributed by atoms with van der Waals surface area (Å²) in [6, 6.07) is 8.50. The van der Waals surface area contributed by atoms with Crippen molar-refractivity contribution in [3.05, 3.63) is 29.8 Å². The number of piperidine rings is 1. The first-order valence-corrected chi connectivity index (χ1v) is 6.73. The second-order valence-corrected chi connectivity index (χ2v) is 5.08. The molecule has 1 aliphatic rings. The third kappa shape index (κ3) is 3.22. The maximum absolute atomic E-state index is 5.85. The van der Waals surface area contributed by atoms with Gasteiger partial charge in [0.2, 0.25) is 0 Å². The van der Waals surface area contributed by atoms with E-state index in [0.717, 1.165) is 37.8 Å². The molecule has 0 amide bonds. The Morgan fingerprint density at radius 3 is 2.88 bits per heavy atom. The largest absolute Gasteiger partial charge is 0.493 e. The van der Waals surface area contributed by atoms with Crippen LogP contribution in [0, 0.1) is 5.92 Å². The average Bonchev–Trinajstić information content (AvgIpc) is 2.37. The lowest BCUT2D eigenvalue weighted by molar-refractivity contribution is 0.302. The third-order valence-electron chi connectivity index (χ3n) is 3.39. The highest BCUT2D eigenvalue weighted by Crippen LogP contribution is 2.32. The number of ether oxygens (including phenoxy) is 1. The first-order chi connectivity index (χ1) is 8.31. The molecule has 1 fully saturated rings. The van der Waals surface area contributed by atoms with Crippen molar-refractivity contribution in [1.82, 2.24) is 5.32 Å². The fourth-order valence-electron chi connectivity index (χ4n) is 2.55. The van der Waals surface area contributed by atoms with Gasteiger partial charge >= 0.3 is 0 Å². The molecule has 0 radical (unpaired) electrons. The van der Waals surface area contributed by atoms with Gasteiger partial charge in [-0.25, -0.2) is 0 Å². The van der Waals surface area contributed by atoms with Crippen LogP contribution < -0.4 is 10.1 Å². The minimum atomic E-state index is 0.604. The van der Waals surface area contributed by atoms with Crippen molar-refractivity contribution in [1.29, 1.82) is 0 Å². The Labute approximate surface area is 104 Å². The molecule has 1 aromatic carbocycles. The second-order valence-electron chi connectivity index (χ2n) is 5.08. The van der Waals surface area contributed by atoms with E-state index in [1.54, 1.807) is 0 Å². The van der Waals surface area contributed by atoms with Gasteiger partial charge in [-0.1, -0.05) is 32.0 Å². The van der Waals surface area contributed by atoms with Gasteiger partial charge in [0.15, 0.2) is 0 Å². The van der Waals surface area contributed by atoms with Crippen LogP contribution in [-0.4, -0.2) is 19.7 Å². The summed E-state index contributed by atoms with van der Waals surface area (Å²) in [6.07, 6.45) is 2.33. The van der Waals surface area contributed by atoms with Gasteiger partial charge in [0.1, 0.15) is 5.75 Å².